The van der Waals surface area contributed by atoms with E-state index in [9.17, 15) is 4.79 Å². The molecule has 3 heterocycles. The number of nitrogens with one attached hydrogen (secondary N) is 1. The highest BCUT2D eigenvalue weighted by atomic mass is 16.6. The molecule has 8 heteroatoms. The largest absolute Gasteiger partial charge is 0.450 e. The first kappa shape index (κ1) is 12.2. The van der Waals surface area contributed by atoms with Crippen LogP contribution in [0.2, 0.25) is 0 Å². The molecule has 1 N–H and O–H groups in total. The Labute approximate surface area is 110 Å². The van der Waals surface area contributed by atoms with Crippen LogP contribution < -0.4 is 15.1 Å². The number of amides is 1. The number of hydrogen-bond donors (Lipinski definition) is 1. The third kappa shape index (κ3) is 2.35. The van der Waals surface area contributed by atoms with Crippen molar-refractivity contribution < 1.29 is 23.6 Å². The number of anilines is 1. The van der Waals surface area contributed by atoms with Gasteiger partial charge in [0.1, 0.15) is 12.1 Å². The zero-order chi connectivity index (χ0) is 13.2. The fourth-order valence-electron chi connectivity index (χ4n) is 2.61. The van der Waals surface area contributed by atoms with Crippen LogP contribution in [-0.4, -0.2) is 43.3 Å². The molecule has 2 atom stereocenters. The molecule has 2 aliphatic rings. The van der Waals surface area contributed by atoms with E-state index in [0.717, 1.165) is 12.8 Å². The van der Waals surface area contributed by atoms with Crippen molar-refractivity contribution in [3.05, 3.63) is 6.20 Å². The lowest BCUT2D eigenvalue weighted by Crippen LogP contribution is -2.68. The second-order valence-corrected chi connectivity index (χ2v) is 4.63. The smallest absolute Gasteiger partial charge is 0.414 e. The molecule has 19 heavy (non-hydrogen) atoms. The zero-order valence-electron chi connectivity index (χ0n) is 10.7. The molecule has 2 aliphatic heterocycles. The molecular weight excluding hydrogens is 252 g/mol. The molecule has 0 saturated carbocycles. The summed E-state index contributed by atoms with van der Waals surface area (Å²) in [5, 5.41) is 8.56. The molecular formula is C11H17N4O4+. The van der Waals surface area contributed by atoms with Crippen LogP contribution in [0, 0.1) is 0 Å². The molecule has 2 bridgehead atoms. The first-order valence-electron chi connectivity index (χ1n) is 6.46. The minimum Gasteiger partial charge on any atom is -0.450 e. The van der Waals surface area contributed by atoms with E-state index in [0.29, 0.717) is 31.9 Å². The van der Waals surface area contributed by atoms with Crippen molar-refractivity contribution >= 4 is 12.0 Å². The van der Waals surface area contributed by atoms with Gasteiger partial charge in [-0.15, -0.1) is 5.01 Å². The van der Waals surface area contributed by atoms with E-state index in [1.165, 1.54) is 0 Å². The van der Waals surface area contributed by atoms with E-state index in [4.69, 9.17) is 14.0 Å². The highest BCUT2D eigenvalue weighted by molar-refractivity contribution is 5.82. The maximum absolute atomic E-state index is 11.3. The van der Waals surface area contributed by atoms with E-state index in [2.05, 4.69) is 15.6 Å². The van der Waals surface area contributed by atoms with Crippen molar-refractivity contribution in [1.82, 2.24) is 5.27 Å². The molecule has 2 unspecified atom stereocenters. The Morgan fingerprint density at radius 1 is 1.58 bits per heavy atom. The van der Waals surface area contributed by atoms with Gasteiger partial charge < -0.3 is 9.47 Å². The number of rotatable bonds is 3. The van der Waals surface area contributed by atoms with Crippen LogP contribution in [-0.2, 0) is 9.47 Å². The lowest BCUT2D eigenvalue weighted by Gasteiger charge is -2.27. The van der Waals surface area contributed by atoms with Crippen LogP contribution in [0.5, 0.6) is 0 Å². The van der Waals surface area contributed by atoms with Crippen molar-refractivity contribution in [1.29, 1.82) is 0 Å². The number of hydrogen-bond acceptors (Lipinski definition) is 6. The molecule has 8 nitrogen and oxygen atoms in total. The monoisotopic (exact) mass is 269 g/mol. The predicted octanol–water partition coefficient (Wildman–Crippen LogP) is 0.0297. The van der Waals surface area contributed by atoms with E-state index in [-0.39, 0.29) is 5.88 Å². The standard InChI is InChI=1S/C11H16N4O4/c1-2-18-11(16)12-10-5-14(13-19-10)15-8-3-4-9(15)7-17-6-8/h5,8-9H,2-4,6-7H2,1H3/p+1. The molecule has 1 aromatic heterocycles. The number of ether oxygens (including phenoxy) is 2. The molecule has 1 amide bonds. The maximum Gasteiger partial charge on any atom is 0.414 e. The van der Waals surface area contributed by atoms with Gasteiger partial charge in [0.15, 0.2) is 0 Å². The Balaban J connectivity index is 1.69. The maximum atomic E-state index is 11.3. The van der Waals surface area contributed by atoms with Gasteiger partial charge >= 0.3 is 12.0 Å². The summed E-state index contributed by atoms with van der Waals surface area (Å²) in [4.78, 5) is 12.9. The van der Waals surface area contributed by atoms with Crippen molar-refractivity contribution in [2.75, 3.05) is 30.1 Å². The molecule has 0 aromatic carbocycles. The summed E-state index contributed by atoms with van der Waals surface area (Å²) >= 11 is 0. The number of carbonyl (C=O) groups is 1. The molecule has 2 fully saturated rings. The molecule has 2 saturated heterocycles. The summed E-state index contributed by atoms with van der Waals surface area (Å²) in [5.74, 6) is 0.268. The first-order chi connectivity index (χ1) is 9.28. The lowest BCUT2D eigenvalue weighted by atomic mass is 10.2. The van der Waals surface area contributed by atoms with Gasteiger partial charge in [0.05, 0.1) is 24.6 Å². The third-order valence-electron chi connectivity index (χ3n) is 3.39. The summed E-state index contributed by atoms with van der Waals surface area (Å²) in [6.07, 6.45) is 3.28. The van der Waals surface area contributed by atoms with Gasteiger partial charge in [0, 0.05) is 0 Å². The van der Waals surface area contributed by atoms with Crippen LogP contribution in [0.3, 0.4) is 0 Å². The van der Waals surface area contributed by atoms with E-state index in [1.54, 1.807) is 17.9 Å². The number of carbonyl (C=O) groups excluding carboxylic acids is 1. The van der Waals surface area contributed by atoms with Gasteiger partial charge in [-0.2, -0.15) is 0 Å². The Kier molecular flexibility index (Phi) is 3.24. The van der Waals surface area contributed by atoms with Crippen LogP contribution >= 0.6 is 0 Å². The molecule has 1 aromatic rings. The Morgan fingerprint density at radius 3 is 3.00 bits per heavy atom. The van der Waals surface area contributed by atoms with Gasteiger partial charge in [-0.3, -0.25) is 9.84 Å². The van der Waals surface area contributed by atoms with Crippen LogP contribution in [0.1, 0.15) is 19.8 Å². The highest BCUT2D eigenvalue weighted by Crippen LogP contribution is 2.24. The molecule has 0 spiro atoms. The van der Waals surface area contributed by atoms with Crippen molar-refractivity contribution in [3.8, 4) is 0 Å². The normalized spacial score (nSPS) is 25.4. The summed E-state index contributed by atoms with van der Waals surface area (Å²) in [7, 11) is 0. The second kappa shape index (κ2) is 5.04. The van der Waals surface area contributed by atoms with Gasteiger partial charge in [-0.1, -0.05) is 0 Å². The Morgan fingerprint density at radius 2 is 2.32 bits per heavy atom. The van der Waals surface area contributed by atoms with Gasteiger partial charge in [0.2, 0.25) is 5.27 Å². The molecule has 104 valence electrons. The summed E-state index contributed by atoms with van der Waals surface area (Å²) in [6.45, 7) is 3.47. The zero-order valence-corrected chi connectivity index (χ0v) is 10.7. The van der Waals surface area contributed by atoms with Crippen molar-refractivity contribution in [2.45, 2.75) is 31.8 Å². The highest BCUT2D eigenvalue weighted by Gasteiger charge is 2.44. The Hall–Kier alpha value is -1.83. The quantitative estimate of drug-likeness (QED) is 0.780. The second-order valence-electron chi connectivity index (χ2n) is 4.63. The third-order valence-corrected chi connectivity index (χ3v) is 3.39. The summed E-state index contributed by atoms with van der Waals surface area (Å²) < 4.78 is 15.4. The predicted molar refractivity (Wildman–Crippen MR) is 63.2 cm³/mol. The van der Waals surface area contributed by atoms with Crippen molar-refractivity contribution in [2.24, 2.45) is 0 Å². The summed E-state index contributed by atoms with van der Waals surface area (Å²) in [6, 6.07) is 0.647. The summed E-state index contributed by atoms with van der Waals surface area (Å²) in [5.41, 5.74) is 0. The fraction of sp³-hybridized carbons (Fsp3) is 0.727. The molecule has 0 radical (unpaired) electrons. The van der Waals surface area contributed by atoms with Gasteiger partial charge in [-0.25, -0.2) is 4.79 Å². The first-order valence-corrected chi connectivity index (χ1v) is 6.46. The van der Waals surface area contributed by atoms with E-state index < -0.39 is 6.09 Å². The number of nitrogens with zero attached hydrogens (tertiary/aromatic N) is 3. The SMILES string of the molecule is CCOC(=O)Nc1c[n+](N2C3CCC2COC3)no1. The van der Waals surface area contributed by atoms with Crippen LogP contribution in [0.25, 0.3) is 0 Å². The van der Waals surface area contributed by atoms with Gasteiger partial charge in [0.25, 0.3) is 6.20 Å². The number of aromatic nitrogens is 2. The van der Waals surface area contributed by atoms with Crippen LogP contribution in [0.4, 0.5) is 10.7 Å². The minimum absolute atomic E-state index is 0.268. The van der Waals surface area contributed by atoms with E-state index >= 15 is 0 Å². The van der Waals surface area contributed by atoms with Gasteiger partial charge in [-0.05, 0) is 19.8 Å². The number of fused-ring (bicyclic) bond motifs is 2. The average Bonchev–Trinajstić information content (AvgIpc) is 2.92. The molecule has 3 rings (SSSR count). The van der Waals surface area contributed by atoms with Crippen molar-refractivity contribution in [3.63, 3.8) is 0 Å². The number of morpholine rings is 1. The van der Waals surface area contributed by atoms with Crippen LogP contribution in [0.15, 0.2) is 10.7 Å². The van der Waals surface area contributed by atoms with E-state index in [1.807, 2.05) is 0 Å². The Bertz CT molecular complexity index is 447. The minimum atomic E-state index is -0.546. The fourth-order valence-corrected chi connectivity index (χ4v) is 2.61. The topological polar surface area (TPSA) is 80.7 Å². The lowest BCUT2D eigenvalue weighted by molar-refractivity contribution is -0.765. The average molecular weight is 269 g/mol. The molecule has 0 aliphatic carbocycles.